The van der Waals surface area contributed by atoms with Crippen LogP contribution < -0.4 is 5.32 Å². The second-order valence-electron chi connectivity index (χ2n) is 2.72. The molecule has 2 nitrogen and oxygen atoms in total. The zero-order valence-electron chi connectivity index (χ0n) is 6.27. The number of carbonyl (C=O) groups is 1. The van der Waals surface area contributed by atoms with Crippen LogP contribution in [0.4, 0.5) is 14.5 Å². The Morgan fingerprint density at radius 3 is 2.85 bits per heavy atom. The van der Waals surface area contributed by atoms with Crippen molar-refractivity contribution in [1.82, 2.24) is 0 Å². The van der Waals surface area contributed by atoms with Crippen LogP contribution in [0.1, 0.15) is 5.56 Å². The third kappa shape index (κ3) is 1.14. The van der Waals surface area contributed by atoms with Crippen molar-refractivity contribution in [3.05, 3.63) is 29.6 Å². The molecular weight excluding hydrogens is 244 g/mol. The summed E-state index contributed by atoms with van der Waals surface area (Å²) >= 11 is 2.60. The van der Waals surface area contributed by atoms with E-state index in [9.17, 15) is 13.6 Å². The highest BCUT2D eigenvalue weighted by atomic mass is 79.9. The van der Waals surface area contributed by atoms with Crippen LogP contribution in [-0.2, 0) is 9.37 Å². The molecule has 5 heteroatoms. The molecule has 0 radical (unpaired) electrons. The van der Waals surface area contributed by atoms with Crippen molar-refractivity contribution in [2.75, 3.05) is 5.32 Å². The van der Waals surface area contributed by atoms with E-state index in [2.05, 4.69) is 21.2 Å². The fourth-order valence-corrected chi connectivity index (χ4v) is 1.64. The van der Waals surface area contributed by atoms with Crippen LogP contribution in [0.25, 0.3) is 0 Å². The number of nitrogens with one attached hydrogen (secondary N) is 1. The molecule has 2 rings (SSSR count). The van der Waals surface area contributed by atoms with Crippen LogP contribution in [0.15, 0.2) is 18.2 Å². The first-order chi connectivity index (χ1) is 6.01. The number of anilines is 1. The largest absolute Gasteiger partial charge is 0.322 e. The van der Waals surface area contributed by atoms with Crippen LogP contribution in [-0.4, -0.2) is 5.91 Å². The van der Waals surface area contributed by atoms with E-state index in [0.29, 0.717) is 5.69 Å². The smallest absolute Gasteiger partial charge is 0.278 e. The predicted octanol–water partition coefficient (Wildman–Crippen LogP) is 2.29. The highest BCUT2D eigenvalue weighted by molar-refractivity contribution is 9.10. The molecule has 0 spiro atoms. The molecule has 0 bridgehead atoms. The summed E-state index contributed by atoms with van der Waals surface area (Å²) in [7, 11) is 0. The van der Waals surface area contributed by atoms with Gasteiger partial charge in [0.1, 0.15) is 5.82 Å². The number of amides is 1. The molecule has 1 N–H and O–H groups in total. The van der Waals surface area contributed by atoms with Gasteiger partial charge in [0.05, 0.1) is 0 Å². The number of fused-ring (bicyclic) bond motifs is 1. The predicted molar refractivity (Wildman–Crippen MR) is 46.7 cm³/mol. The lowest BCUT2D eigenvalue weighted by Gasteiger charge is -2.07. The van der Waals surface area contributed by atoms with E-state index >= 15 is 0 Å². The Labute approximate surface area is 81.1 Å². The summed E-state index contributed by atoms with van der Waals surface area (Å²) in [5.74, 6) is -1.40. The number of carbonyl (C=O) groups excluding carboxylic acids is 1. The molecule has 1 atom stereocenters. The number of rotatable bonds is 0. The van der Waals surface area contributed by atoms with Gasteiger partial charge in [0.2, 0.25) is 0 Å². The second-order valence-corrected chi connectivity index (χ2v) is 3.81. The maximum atomic E-state index is 13.5. The zero-order valence-corrected chi connectivity index (χ0v) is 7.86. The fourth-order valence-electron chi connectivity index (χ4n) is 1.21. The summed E-state index contributed by atoms with van der Waals surface area (Å²) in [5, 5.41) is 2.29. The number of benzene rings is 1. The Bertz CT molecular complexity index is 392. The van der Waals surface area contributed by atoms with Crippen LogP contribution in [0.5, 0.6) is 0 Å². The molecule has 0 aliphatic carbocycles. The average Bonchev–Trinajstić information content (AvgIpc) is 2.27. The van der Waals surface area contributed by atoms with E-state index in [1.807, 2.05) is 0 Å². The van der Waals surface area contributed by atoms with Crippen molar-refractivity contribution < 1.29 is 13.6 Å². The lowest BCUT2D eigenvalue weighted by Crippen LogP contribution is -2.22. The summed E-state index contributed by atoms with van der Waals surface area (Å²) in [6.45, 7) is 0. The molecule has 1 aromatic carbocycles. The standard InChI is InChI=1S/C8H4BrF2NO/c9-8(11)5-3-4(10)1-2-6(5)12-7(8)13/h1-3H,(H,12,13). The topological polar surface area (TPSA) is 29.1 Å². The van der Waals surface area contributed by atoms with Crippen molar-refractivity contribution in [3.8, 4) is 0 Å². The molecule has 1 amide bonds. The van der Waals surface area contributed by atoms with E-state index in [0.717, 1.165) is 12.1 Å². The van der Waals surface area contributed by atoms with E-state index in [1.165, 1.54) is 6.07 Å². The van der Waals surface area contributed by atoms with Gasteiger partial charge < -0.3 is 5.32 Å². The monoisotopic (exact) mass is 247 g/mol. The Morgan fingerprint density at radius 2 is 2.15 bits per heavy atom. The number of alkyl halides is 2. The van der Waals surface area contributed by atoms with Crippen molar-refractivity contribution >= 4 is 27.5 Å². The molecule has 0 fully saturated rings. The van der Waals surface area contributed by atoms with Gasteiger partial charge in [-0.2, -0.15) is 0 Å². The van der Waals surface area contributed by atoms with Crippen LogP contribution in [0.2, 0.25) is 0 Å². The Balaban J connectivity index is 2.64. The first-order valence-electron chi connectivity index (χ1n) is 3.51. The molecule has 1 aliphatic rings. The van der Waals surface area contributed by atoms with Gasteiger partial charge in [-0.1, -0.05) is 0 Å². The minimum atomic E-state index is -2.30. The van der Waals surface area contributed by atoms with Crippen molar-refractivity contribution in [2.24, 2.45) is 0 Å². The first kappa shape index (κ1) is 8.62. The molecule has 0 saturated carbocycles. The van der Waals surface area contributed by atoms with E-state index in [1.54, 1.807) is 0 Å². The van der Waals surface area contributed by atoms with E-state index in [-0.39, 0.29) is 5.56 Å². The minimum Gasteiger partial charge on any atom is -0.322 e. The van der Waals surface area contributed by atoms with E-state index < -0.39 is 16.3 Å². The first-order valence-corrected chi connectivity index (χ1v) is 4.30. The van der Waals surface area contributed by atoms with Crippen molar-refractivity contribution in [3.63, 3.8) is 0 Å². The summed E-state index contributed by atoms with van der Waals surface area (Å²) in [5.41, 5.74) is 0.281. The van der Waals surface area contributed by atoms with Gasteiger partial charge in [0.25, 0.3) is 10.5 Å². The summed E-state index contributed by atoms with van der Waals surface area (Å²) in [4.78, 5) is 11.0. The van der Waals surface area contributed by atoms with Crippen molar-refractivity contribution in [2.45, 2.75) is 4.58 Å². The van der Waals surface area contributed by atoms with Crippen LogP contribution in [0.3, 0.4) is 0 Å². The highest BCUT2D eigenvalue weighted by Gasteiger charge is 2.45. The third-order valence-electron chi connectivity index (χ3n) is 1.85. The number of hydrogen-bond donors (Lipinski definition) is 1. The normalized spacial score (nSPS) is 25.6. The number of halogens is 3. The lowest BCUT2D eigenvalue weighted by molar-refractivity contribution is -0.121. The van der Waals surface area contributed by atoms with Gasteiger partial charge >= 0.3 is 0 Å². The van der Waals surface area contributed by atoms with Gasteiger partial charge in [0, 0.05) is 11.3 Å². The summed E-state index contributed by atoms with van der Waals surface area (Å²) in [6, 6.07) is 3.47. The van der Waals surface area contributed by atoms with Gasteiger partial charge in [-0.3, -0.25) is 4.79 Å². The molecule has 1 aromatic rings. The maximum Gasteiger partial charge on any atom is 0.278 e. The number of hydrogen-bond acceptors (Lipinski definition) is 1. The third-order valence-corrected chi connectivity index (χ3v) is 2.64. The molecule has 0 aromatic heterocycles. The van der Waals surface area contributed by atoms with Crippen LogP contribution in [0, 0.1) is 5.82 Å². The maximum absolute atomic E-state index is 13.5. The fraction of sp³-hybridized carbons (Fsp3) is 0.125. The highest BCUT2D eigenvalue weighted by Crippen LogP contribution is 2.43. The average molecular weight is 248 g/mol. The zero-order chi connectivity index (χ0) is 9.64. The Hall–Kier alpha value is -0.970. The molecule has 1 heterocycles. The molecule has 13 heavy (non-hydrogen) atoms. The quantitative estimate of drug-likeness (QED) is 0.701. The molecule has 1 aliphatic heterocycles. The molecular formula is C8H4BrF2NO. The van der Waals surface area contributed by atoms with Gasteiger partial charge in [-0.05, 0) is 34.1 Å². The van der Waals surface area contributed by atoms with Crippen molar-refractivity contribution in [1.29, 1.82) is 0 Å². The molecule has 0 saturated heterocycles. The summed E-state index contributed by atoms with van der Waals surface area (Å²) in [6.07, 6.45) is 0. The minimum absolute atomic E-state index is 0.0162. The Kier molecular flexibility index (Phi) is 1.66. The Morgan fingerprint density at radius 1 is 1.46 bits per heavy atom. The molecule has 1 unspecified atom stereocenters. The second kappa shape index (κ2) is 2.51. The van der Waals surface area contributed by atoms with Crippen LogP contribution >= 0.6 is 15.9 Å². The van der Waals surface area contributed by atoms with E-state index in [4.69, 9.17) is 0 Å². The molecule has 68 valence electrons. The summed E-state index contributed by atoms with van der Waals surface area (Å²) < 4.78 is 23.9. The van der Waals surface area contributed by atoms with Gasteiger partial charge in [-0.15, -0.1) is 0 Å². The lowest BCUT2D eigenvalue weighted by atomic mass is 10.1. The SMILES string of the molecule is O=C1Nc2ccc(F)cc2C1(F)Br. The van der Waals surface area contributed by atoms with Gasteiger partial charge in [-0.25, -0.2) is 8.78 Å². The van der Waals surface area contributed by atoms with Gasteiger partial charge in [0.15, 0.2) is 0 Å².